The number of rotatable bonds is 2. The van der Waals surface area contributed by atoms with Crippen LogP contribution in [0.25, 0.3) is 0 Å². The summed E-state index contributed by atoms with van der Waals surface area (Å²) in [6.45, 7) is -1.23. The molecule has 2 unspecified atom stereocenters. The standard InChI is InChI=1S/C13H16F3NO/c14-13(15,16)8-18-11-7-3-5-9-4-1-2-6-10(9)12(11)17/h1-2,4,6,11-12H,3,5,7-8,17H2. The number of aryl methyl sites for hydroxylation is 1. The highest BCUT2D eigenvalue weighted by molar-refractivity contribution is 5.31. The van der Waals surface area contributed by atoms with Crippen molar-refractivity contribution in [2.45, 2.75) is 37.6 Å². The van der Waals surface area contributed by atoms with Gasteiger partial charge >= 0.3 is 6.18 Å². The van der Waals surface area contributed by atoms with Gasteiger partial charge in [-0.2, -0.15) is 13.2 Å². The molecule has 2 atom stereocenters. The predicted octanol–water partition coefficient (Wildman–Crippen LogP) is 2.97. The van der Waals surface area contributed by atoms with Crippen LogP contribution in [0.2, 0.25) is 0 Å². The predicted molar refractivity (Wildman–Crippen MR) is 62.1 cm³/mol. The molecule has 0 aliphatic heterocycles. The van der Waals surface area contributed by atoms with Gasteiger partial charge in [0, 0.05) is 0 Å². The van der Waals surface area contributed by atoms with E-state index in [1.807, 2.05) is 24.3 Å². The minimum Gasteiger partial charge on any atom is -0.367 e. The van der Waals surface area contributed by atoms with Gasteiger partial charge in [-0.3, -0.25) is 0 Å². The van der Waals surface area contributed by atoms with Gasteiger partial charge in [-0.05, 0) is 30.4 Å². The van der Waals surface area contributed by atoms with Gasteiger partial charge in [0.25, 0.3) is 0 Å². The first-order valence-corrected chi connectivity index (χ1v) is 5.99. The van der Waals surface area contributed by atoms with E-state index in [9.17, 15) is 13.2 Å². The van der Waals surface area contributed by atoms with E-state index in [1.54, 1.807) is 0 Å². The first-order valence-electron chi connectivity index (χ1n) is 5.99. The molecular formula is C13H16F3NO. The lowest BCUT2D eigenvalue weighted by atomic mass is 9.98. The number of nitrogens with two attached hydrogens (primary N) is 1. The van der Waals surface area contributed by atoms with Crippen molar-refractivity contribution in [3.8, 4) is 0 Å². The molecule has 0 spiro atoms. The molecule has 5 heteroatoms. The van der Waals surface area contributed by atoms with Crippen LogP contribution in [0.4, 0.5) is 13.2 Å². The van der Waals surface area contributed by atoms with Crippen LogP contribution in [0.1, 0.15) is 30.0 Å². The lowest BCUT2D eigenvalue weighted by Gasteiger charge is -2.24. The Morgan fingerprint density at radius 3 is 2.72 bits per heavy atom. The normalized spacial score (nSPS) is 24.4. The third-order valence-electron chi connectivity index (χ3n) is 3.21. The minimum absolute atomic E-state index is 0.481. The van der Waals surface area contributed by atoms with Crippen molar-refractivity contribution in [3.63, 3.8) is 0 Å². The Balaban J connectivity index is 2.10. The van der Waals surface area contributed by atoms with Gasteiger partial charge < -0.3 is 10.5 Å². The summed E-state index contributed by atoms with van der Waals surface area (Å²) in [4.78, 5) is 0. The quantitative estimate of drug-likeness (QED) is 0.829. The fourth-order valence-electron chi connectivity index (χ4n) is 2.35. The van der Waals surface area contributed by atoms with Crippen LogP contribution in [0.5, 0.6) is 0 Å². The number of fused-ring (bicyclic) bond motifs is 1. The molecule has 1 aromatic rings. The minimum atomic E-state index is -4.30. The van der Waals surface area contributed by atoms with Crippen molar-refractivity contribution in [1.82, 2.24) is 0 Å². The SMILES string of the molecule is NC1c2ccccc2CCCC1OCC(F)(F)F. The molecule has 0 aromatic heterocycles. The summed E-state index contributed by atoms with van der Waals surface area (Å²) in [7, 11) is 0. The molecule has 2 N–H and O–H groups in total. The average Bonchev–Trinajstić information content (AvgIpc) is 2.46. The van der Waals surface area contributed by atoms with Crippen LogP contribution >= 0.6 is 0 Å². The van der Waals surface area contributed by atoms with E-state index in [0.717, 1.165) is 24.0 Å². The van der Waals surface area contributed by atoms with Crippen LogP contribution < -0.4 is 5.73 Å². The molecule has 100 valence electrons. The van der Waals surface area contributed by atoms with Gasteiger partial charge in [-0.25, -0.2) is 0 Å². The molecule has 18 heavy (non-hydrogen) atoms. The van der Waals surface area contributed by atoms with E-state index in [2.05, 4.69) is 0 Å². The summed E-state index contributed by atoms with van der Waals surface area (Å²) in [6, 6.07) is 7.13. The van der Waals surface area contributed by atoms with Crippen LogP contribution in [-0.2, 0) is 11.2 Å². The van der Waals surface area contributed by atoms with Gasteiger partial charge in [0.1, 0.15) is 6.61 Å². The third-order valence-corrected chi connectivity index (χ3v) is 3.21. The van der Waals surface area contributed by atoms with Crippen molar-refractivity contribution < 1.29 is 17.9 Å². The van der Waals surface area contributed by atoms with Crippen LogP contribution in [0.15, 0.2) is 24.3 Å². The largest absolute Gasteiger partial charge is 0.411 e. The Kier molecular flexibility index (Phi) is 3.92. The maximum absolute atomic E-state index is 12.2. The Morgan fingerprint density at radius 2 is 2.00 bits per heavy atom. The summed E-state index contributed by atoms with van der Waals surface area (Å²) in [5.74, 6) is 0. The van der Waals surface area contributed by atoms with Crippen LogP contribution in [0.3, 0.4) is 0 Å². The summed E-state index contributed by atoms with van der Waals surface area (Å²) < 4.78 is 41.5. The molecule has 0 amide bonds. The molecule has 0 radical (unpaired) electrons. The fraction of sp³-hybridized carbons (Fsp3) is 0.538. The van der Waals surface area contributed by atoms with Crippen molar-refractivity contribution in [3.05, 3.63) is 35.4 Å². The molecular weight excluding hydrogens is 243 g/mol. The number of ether oxygens (including phenoxy) is 1. The van der Waals surface area contributed by atoms with Gasteiger partial charge in [-0.1, -0.05) is 24.3 Å². The first kappa shape index (κ1) is 13.4. The van der Waals surface area contributed by atoms with Crippen LogP contribution in [0, 0.1) is 0 Å². The van der Waals surface area contributed by atoms with Gasteiger partial charge in [-0.15, -0.1) is 0 Å². The van der Waals surface area contributed by atoms with Crippen molar-refractivity contribution >= 4 is 0 Å². The second kappa shape index (κ2) is 5.28. The number of hydrogen-bond acceptors (Lipinski definition) is 2. The van der Waals surface area contributed by atoms with E-state index in [1.165, 1.54) is 0 Å². The molecule has 0 bridgehead atoms. The number of hydrogen-bond donors (Lipinski definition) is 1. The van der Waals surface area contributed by atoms with E-state index in [4.69, 9.17) is 10.5 Å². The van der Waals surface area contributed by atoms with E-state index in [0.29, 0.717) is 6.42 Å². The smallest absolute Gasteiger partial charge is 0.367 e. The lowest BCUT2D eigenvalue weighted by molar-refractivity contribution is -0.188. The highest BCUT2D eigenvalue weighted by Crippen LogP contribution is 2.30. The summed E-state index contributed by atoms with van der Waals surface area (Å²) >= 11 is 0. The molecule has 0 fully saturated rings. The zero-order chi connectivity index (χ0) is 13.2. The van der Waals surface area contributed by atoms with Crippen molar-refractivity contribution in [2.75, 3.05) is 6.61 Å². The Labute approximate surface area is 104 Å². The summed E-state index contributed by atoms with van der Waals surface area (Å²) in [5.41, 5.74) is 8.05. The summed E-state index contributed by atoms with van der Waals surface area (Å²) in [5, 5.41) is 0. The maximum atomic E-state index is 12.2. The molecule has 2 nitrogen and oxygen atoms in total. The maximum Gasteiger partial charge on any atom is 0.411 e. The van der Waals surface area contributed by atoms with E-state index >= 15 is 0 Å². The van der Waals surface area contributed by atoms with Gasteiger partial charge in [0.15, 0.2) is 0 Å². The second-order valence-electron chi connectivity index (χ2n) is 4.58. The molecule has 0 saturated carbocycles. The zero-order valence-corrected chi connectivity index (χ0v) is 9.91. The summed E-state index contributed by atoms with van der Waals surface area (Å²) in [6.07, 6.45) is -2.66. The average molecular weight is 259 g/mol. The number of benzene rings is 1. The molecule has 1 aliphatic carbocycles. The Hall–Kier alpha value is -1.07. The second-order valence-corrected chi connectivity index (χ2v) is 4.58. The topological polar surface area (TPSA) is 35.2 Å². The Bertz CT molecular complexity index is 405. The molecule has 1 aromatic carbocycles. The molecule has 0 heterocycles. The first-order chi connectivity index (χ1) is 8.47. The highest BCUT2D eigenvalue weighted by Gasteiger charge is 2.32. The lowest BCUT2D eigenvalue weighted by Crippen LogP contribution is -2.32. The Morgan fingerprint density at radius 1 is 1.28 bits per heavy atom. The highest BCUT2D eigenvalue weighted by atomic mass is 19.4. The molecule has 0 saturated heterocycles. The number of alkyl halides is 3. The van der Waals surface area contributed by atoms with Crippen LogP contribution in [-0.4, -0.2) is 18.9 Å². The van der Waals surface area contributed by atoms with E-state index in [-0.39, 0.29) is 0 Å². The molecule has 1 aliphatic rings. The van der Waals surface area contributed by atoms with Gasteiger partial charge in [0.05, 0.1) is 12.1 Å². The van der Waals surface area contributed by atoms with Crippen molar-refractivity contribution in [2.24, 2.45) is 5.73 Å². The zero-order valence-electron chi connectivity index (χ0n) is 9.91. The fourth-order valence-corrected chi connectivity index (χ4v) is 2.35. The van der Waals surface area contributed by atoms with E-state index < -0.39 is 24.9 Å². The van der Waals surface area contributed by atoms with Crippen molar-refractivity contribution in [1.29, 1.82) is 0 Å². The molecule has 2 rings (SSSR count). The number of halogens is 3. The monoisotopic (exact) mass is 259 g/mol. The van der Waals surface area contributed by atoms with Gasteiger partial charge in [0.2, 0.25) is 0 Å². The third kappa shape index (κ3) is 3.23.